The summed E-state index contributed by atoms with van der Waals surface area (Å²) in [6.07, 6.45) is 2.81. The van der Waals surface area contributed by atoms with Crippen LogP contribution in [0.2, 0.25) is 0 Å². The molecule has 4 rings (SSSR count). The Balaban J connectivity index is 0.00000210. The van der Waals surface area contributed by atoms with Crippen LogP contribution in [0.15, 0.2) is 33.7 Å². The van der Waals surface area contributed by atoms with Crippen molar-refractivity contribution in [3.05, 3.63) is 35.6 Å². The Morgan fingerprint density at radius 1 is 1.41 bits per heavy atom. The van der Waals surface area contributed by atoms with E-state index in [1.807, 2.05) is 25.2 Å². The summed E-state index contributed by atoms with van der Waals surface area (Å²) < 4.78 is 6.00. The van der Waals surface area contributed by atoms with Crippen LogP contribution in [0.5, 0.6) is 0 Å². The standard InChI is InChI=1S/C20H26N4O2.HI/c1-14-15-6-3-4-7-16(15)26-17(14)11-22-19(21-2)24-9-5-8-20(13-24)10-18(25)23-12-20;/h3-4,6-7H,5,8-13H2,1-2H3,(H,21,22)(H,23,25);1H. The van der Waals surface area contributed by atoms with Crippen molar-refractivity contribution in [3.8, 4) is 0 Å². The van der Waals surface area contributed by atoms with Crippen LogP contribution in [-0.4, -0.2) is 43.4 Å². The number of benzene rings is 1. The van der Waals surface area contributed by atoms with Crippen LogP contribution in [0.3, 0.4) is 0 Å². The quantitative estimate of drug-likeness (QED) is 0.393. The number of aliphatic imine (C=N–C) groups is 1. The molecule has 27 heavy (non-hydrogen) atoms. The normalized spacial score (nSPS) is 22.8. The molecule has 1 aromatic carbocycles. The number of nitrogens with zero attached hydrogens (tertiary/aromatic N) is 2. The number of nitrogens with one attached hydrogen (secondary N) is 2. The highest BCUT2D eigenvalue weighted by Crippen LogP contribution is 2.36. The van der Waals surface area contributed by atoms with Crippen molar-refractivity contribution in [2.24, 2.45) is 10.4 Å². The third kappa shape index (κ3) is 3.93. The summed E-state index contributed by atoms with van der Waals surface area (Å²) >= 11 is 0. The van der Waals surface area contributed by atoms with Crippen LogP contribution in [0.1, 0.15) is 30.6 Å². The van der Waals surface area contributed by atoms with E-state index in [-0.39, 0.29) is 35.3 Å². The zero-order valence-corrected chi connectivity index (χ0v) is 18.2. The summed E-state index contributed by atoms with van der Waals surface area (Å²) in [7, 11) is 1.81. The Hall–Kier alpha value is -1.77. The van der Waals surface area contributed by atoms with Crippen LogP contribution in [0.25, 0.3) is 11.0 Å². The minimum absolute atomic E-state index is 0. The van der Waals surface area contributed by atoms with E-state index >= 15 is 0 Å². The zero-order chi connectivity index (χ0) is 18.1. The van der Waals surface area contributed by atoms with E-state index in [0.29, 0.717) is 13.0 Å². The maximum atomic E-state index is 11.7. The van der Waals surface area contributed by atoms with Gasteiger partial charge in [-0.3, -0.25) is 9.79 Å². The van der Waals surface area contributed by atoms with Crippen molar-refractivity contribution in [1.82, 2.24) is 15.5 Å². The van der Waals surface area contributed by atoms with Gasteiger partial charge in [0.1, 0.15) is 11.3 Å². The fourth-order valence-electron chi connectivity index (χ4n) is 4.31. The number of fused-ring (bicyclic) bond motifs is 1. The molecule has 0 saturated carbocycles. The molecule has 1 spiro atoms. The number of halogens is 1. The van der Waals surface area contributed by atoms with Crippen molar-refractivity contribution >= 4 is 46.8 Å². The number of amides is 1. The third-order valence-electron chi connectivity index (χ3n) is 5.72. The average Bonchev–Trinajstić information content (AvgIpc) is 3.16. The fourth-order valence-corrected chi connectivity index (χ4v) is 4.31. The van der Waals surface area contributed by atoms with Crippen LogP contribution < -0.4 is 10.6 Å². The van der Waals surface area contributed by atoms with Gasteiger partial charge in [0.15, 0.2) is 5.96 Å². The van der Waals surface area contributed by atoms with Crippen molar-refractivity contribution in [2.75, 3.05) is 26.7 Å². The van der Waals surface area contributed by atoms with E-state index in [4.69, 9.17) is 4.42 Å². The smallest absolute Gasteiger partial charge is 0.220 e. The van der Waals surface area contributed by atoms with Gasteiger partial charge < -0.3 is 20.0 Å². The molecule has 2 aromatic rings. The molecule has 1 amide bonds. The first-order chi connectivity index (χ1) is 12.6. The second kappa shape index (κ2) is 8.08. The lowest BCUT2D eigenvalue weighted by Crippen LogP contribution is -2.51. The van der Waals surface area contributed by atoms with Gasteiger partial charge >= 0.3 is 0 Å². The molecule has 6 nitrogen and oxygen atoms in total. The maximum Gasteiger partial charge on any atom is 0.220 e. The molecule has 1 atom stereocenters. The number of furan rings is 1. The fraction of sp³-hybridized carbons (Fsp3) is 0.500. The minimum atomic E-state index is 0. The topological polar surface area (TPSA) is 69.9 Å². The maximum absolute atomic E-state index is 11.7. The minimum Gasteiger partial charge on any atom is -0.459 e. The van der Waals surface area contributed by atoms with Gasteiger partial charge in [-0.15, -0.1) is 24.0 Å². The van der Waals surface area contributed by atoms with E-state index in [0.717, 1.165) is 55.2 Å². The van der Waals surface area contributed by atoms with Gasteiger partial charge in [-0.25, -0.2) is 0 Å². The first kappa shape index (κ1) is 20.0. The number of carbonyl (C=O) groups excluding carboxylic acids is 1. The van der Waals surface area contributed by atoms with Gasteiger partial charge in [0.25, 0.3) is 0 Å². The number of piperidine rings is 1. The molecule has 146 valence electrons. The predicted molar refractivity (Wildman–Crippen MR) is 117 cm³/mol. The highest BCUT2D eigenvalue weighted by Gasteiger charge is 2.42. The third-order valence-corrected chi connectivity index (χ3v) is 5.72. The number of para-hydroxylation sites is 1. The van der Waals surface area contributed by atoms with Crippen molar-refractivity contribution in [2.45, 2.75) is 32.7 Å². The zero-order valence-electron chi connectivity index (χ0n) is 15.9. The molecule has 0 radical (unpaired) electrons. The Morgan fingerprint density at radius 2 is 2.22 bits per heavy atom. The second-order valence-electron chi connectivity index (χ2n) is 7.53. The van der Waals surface area contributed by atoms with E-state index in [9.17, 15) is 4.79 Å². The molecule has 0 aliphatic carbocycles. The average molecular weight is 482 g/mol. The van der Waals surface area contributed by atoms with Crippen molar-refractivity contribution in [1.29, 1.82) is 0 Å². The Labute approximate surface area is 176 Å². The molecule has 0 bridgehead atoms. The molecule has 7 heteroatoms. The van der Waals surface area contributed by atoms with Gasteiger partial charge in [0.05, 0.1) is 6.54 Å². The Morgan fingerprint density at radius 3 is 2.93 bits per heavy atom. The Kier molecular flexibility index (Phi) is 5.98. The molecule has 2 saturated heterocycles. The molecule has 1 aromatic heterocycles. The Bertz CT molecular complexity index is 863. The number of hydrogen-bond acceptors (Lipinski definition) is 3. The van der Waals surface area contributed by atoms with Gasteiger partial charge in [-0.1, -0.05) is 18.2 Å². The van der Waals surface area contributed by atoms with E-state index in [1.54, 1.807) is 0 Å². The summed E-state index contributed by atoms with van der Waals surface area (Å²) in [5.74, 6) is 1.99. The number of likely N-dealkylation sites (tertiary alicyclic amines) is 1. The van der Waals surface area contributed by atoms with Crippen LogP contribution in [-0.2, 0) is 11.3 Å². The molecule has 1 unspecified atom stereocenters. The predicted octanol–water partition coefficient (Wildman–Crippen LogP) is 3.04. The van der Waals surface area contributed by atoms with Crippen molar-refractivity contribution < 1.29 is 9.21 Å². The number of carbonyl (C=O) groups is 1. The van der Waals surface area contributed by atoms with Gasteiger partial charge in [-0.05, 0) is 25.8 Å². The van der Waals surface area contributed by atoms with Gasteiger partial charge in [-0.2, -0.15) is 0 Å². The van der Waals surface area contributed by atoms with Crippen molar-refractivity contribution in [3.63, 3.8) is 0 Å². The number of hydrogen-bond donors (Lipinski definition) is 2. The SMILES string of the molecule is CN=C(NCc1oc2ccccc2c1C)N1CCCC2(CNC(=O)C2)C1.I. The van der Waals surface area contributed by atoms with Crippen LogP contribution in [0.4, 0.5) is 0 Å². The van der Waals surface area contributed by atoms with E-state index in [2.05, 4.69) is 33.5 Å². The number of rotatable bonds is 2. The highest BCUT2D eigenvalue weighted by molar-refractivity contribution is 14.0. The second-order valence-corrected chi connectivity index (χ2v) is 7.53. The molecule has 2 fully saturated rings. The molecule has 2 N–H and O–H groups in total. The summed E-state index contributed by atoms with van der Waals surface area (Å²) in [6.45, 7) is 5.31. The lowest BCUT2D eigenvalue weighted by molar-refractivity contribution is -0.119. The lowest BCUT2D eigenvalue weighted by atomic mass is 9.79. The molecular formula is C20H27IN4O2. The summed E-state index contributed by atoms with van der Waals surface area (Å²) in [4.78, 5) is 18.5. The largest absolute Gasteiger partial charge is 0.459 e. The summed E-state index contributed by atoms with van der Waals surface area (Å²) in [6, 6.07) is 8.11. The first-order valence-electron chi connectivity index (χ1n) is 9.30. The van der Waals surface area contributed by atoms with Crippen LogP contribution >= 0.6 is 24.0 Å². The summed E-state index contributed by atoms with van der Waals surface area (Å²) in [5.41, 5.74) is 2.15. The monoisotopic (exact) mass is 482 g/mol. The van der Waals surface area contributed by atoms with Crippen LogP contribution in [0, 0.1) is 12.3 Å². The highest BCUT2D eigenvalue weighted by atomic mass is 127. The number of aryl methyl sites for hydroxylation is 1. The molecular weight excluding hydrogens is 455 g/mol. The number of guanidine groups is 1. The van der Waals surface area contributed by atoms with Gasteiger partial charge in [0.2, 0.25) is 5.91 Å². The van der Waals surface area contributed by atoms with E-state index in [1.165, 1.54) is 5.56 Å². The molecule has 3 heterocycles. The molecule has 2 aliphatic rings. The summed E-state index contributed by atoms with van der Waals surface area (Å²) in [5, 5.41) is 7.61. The van der Waals surface area contributed by atoms with Gasteiger partial charge in [0, 0.05) is 49.5 Å². The lowest BCUT2D eigenvalue weighted by Gasteiger charge is -2.40. The molecule has 2 aliphatic heterocycles. The van der Waals surface area contributed by atoms with E-state index < -0.39 is 0 Å². The first-order valence-corrected chi connectivity index (χ1v) is 9.30.